The van der Waals surface area contributed by atoms with Gasteiger partial charge in [0.2, 0.25) is 0 Å². The number of piperidine rings is 1. The number of likely N-dealkylation sites (tertiary alicyclic amines) is 1. The molecule has 8 nitrogen and oxygen atoms in total. The summed E-state index contributed by atoms with van der Waals surface area (Å²) >= 11 is 0. The van der Waals surface area contributed by atoms with Gasteiger partial charge in [-0.1, -0.05) is 13.3 Å². The van der Waals surface area contributed by atoms with E-state index in [2.05, 4.69) is 28.1 Å². The monoisotopic (exact) mass is 401 g/mol. The topological polar surface area (TPSA) is 75.7 Å². The molecule has 2 aromatic heterocycles. The summed E-state index contributed by atoms with van der Waals surface area (Å²) in [6.45, 7) is 5.94. The smallest absolute Gasteiger partial charge is 0.332 e. The molecule has 4 rings (SSSR count). The molecular formula is C21H31N5O3. The zero-order valence-electron chi connectivity index (χ0n) is 17.6. The van der Waals surface area contributed by atoms with Crippen LogP contribution in [0.1, 0.15) is 49.7 Å². The first-order valence-electron chi connectivity index (χ1n) is 10.5. The molecule has 8 heteroatoms. The van der Waals surface area contributed by atoms with E-state index in [0.29, 0.717) is 37.2 Å². The maximum Gasteiger partial charge on any atom is 0.332 e. The quantitative estimate of drug-likeness (QED) is 0.824. The number of hydrogen-bond acceptors (Lipinski definition) is 6. The summed E-state index contributed by atoms with van der Waals surface area (Å²) in [4.78, 5) is 29.3. The highest BCUT2D eigenvalue weighted by molar-refractivity contribution is 5.45. The largest absolute Gasteiger partial charge is 0.463 e. The van der Waals surface area contributed by atoms with Crippen LogP contribution in [0.25, 0.3) is 0 Å². The molecule has 2 aliphatic heterocycles. The minimum Gasteiger partial charge on any atom is -0.463 e. The van der Waals surface area contributed by atoms with Crippen molar-refractivity contribution < 1.29 is 4.42 Å². The molecule has 2 aliphatic rings. The molecule has 1 fully saturated rings. The molecule has 0 bridgehead atoms. The van der Waals surface area contributed by atoms with Crippen LogP contribution < -0.4 is 16.6 Å². The summed E-state index contributed by atoms with van der Waals surface area (Å²) < 4.78 is 8.78. The fraction of sp³-hybridized carbons (Fsp3) is 0.619. The molecule has 4 heterocycles. The molecule has 0 saturated carbocycles. The van der Waals surface area contributed by atoms with Gasteiger partial charge in [0.05, 0.1) is 25.3 Å². The molecule has 1 N–H and O–H groups in total. The van der Waals surface area contributed by atoms with Crippen LogP contribution in [0.3, 0.4) is 0 Å². The van der Waals surface area contributed by atoms with Crippen LogP contribution in [0.4, 0.5) is 5.82 Å². The Balaban J connectivity index is 1.44. The SMILES string of the molecule is CC[C@H]1CCCCN1Cc1ccc(CN2CNc3c(c(=O)n(C)c(=O)n3C)C2)o1. The first kappa shape index (κ1) is 20.0. The normalized spacial score (nSPS) is 20.4. The lowest BCUT2D eigenvalue weighted by molar-refractivity contribution is 0.124. The van der Waals surface area contributed by atoms with E-state index in [1.807, 2.05) is 6.07 Å². The van der Waals surface area contributed by atoms with Gasteiger partial charge in [0, 0.05) is 26.7 Å². The van der Waals surface area contributed by atoms with Gasteiger partial charge in [-0.05, 0) is 37.9 Å². The third-order valence-electron chi connectivity index (χ3n) is 6.29. The number of aromatic nitrogens is 2. The van der Waals surface area contributed by atoms with Crippen LogP contribution in [0, 0.1) is 0 Å². The van der Waals surface area contributed by atoms with Crippen LogP contribution in [0.5, 0.6) is 0 Å². The summed E-state index contributed by atoms with van der Waals surface area (Å²) in [5, 5.41) is 3.22. The van der Waals surface area contributed by atoms with Gasteiger partial charge in [0.15, 0.2) is 0 Å². The number of rotatable bonds is 5. The molecule has 0 radical (unpaired) electrons. The van der Waals surface area contributed by atoms with Gasteiger partial charge in [-0.2, -0.15) is 0 Å². The van der Waals surface area contributed by atoms with Crippen LogP contribution >= 0.6 is 0 Å². The summed E-state index contributed by atoms with van der Waals surface area (Å²) in [5.74, 6) is 2.52. The van der Waals surface area contributed by atoms with Gasteiger partial charge in [0.1, 0.15) is 17.3 Å². The third kappa shape index (κ3) is 3.91. The number of nitrogens with zero attached hydrogens (tertiary/aromatic N) is 4. The van der Waals surface area contributed by atoms with E-state index in [-0.39, 0.29) is 11.2 Å². The molecule has 1 saturated heterocycles. The molecule has 158 valence electrons. The predicted molar refractivity (Wildman–Crippen MR) is 112 cm³/mol. The van der Waals surface area contributed by atoms with E-state index in [9.17, 15) is 9.59 Å². The van der Waals surface area contributed by atoms with Crippen molar-refractivity contribution >= 4 is 5.82 Å². The fourth-order valence-electron chi connectivity index (χ4n) is 4.60. The molecular weight excluding hydrogens is 370 g/mol. The van der Waals surface area contributed by atoms with Crippen LogP contribution in [0.2, 0.25) is 0 Å². The first-order chi connectivity index (χ1) is 14.0. The number of furan rings is 1. The van der Waals surface area contributed by atoms with Crippen LogP contribution in [-0.4, -0.2) is 38.2 Å². The molecule has 0 unspecified atom stereocenters. The summed E-state index contributed by atoms with van der Waals surface area (Å²) in [6.07, 6.45) is 5.05. The second kappa shape index (κ2) is 8.20. The zero-order valence-corrected chi connectivity index (χ0v) is 17.6. The van der Waals surface area contributed by atoms with Crippen molar-refractivity contribution in [3.05, 3.63) is 50.1 Å². The van der Waals surface area contributed by atoms with Crippen LogP contribution in [-0.2, 0) is 33.7 Å². The van der Waals surface area contributed by atoms with Gasteiger partial charge in [0.25, 0.3) is 5.56 Å². The molecule has 0 aromatic carbocycles. The minimum absolute atomic E-state index is 0.240. The van der Waals surface area contributed by atoms with Gasteiger partial charge in [-0.15, -0.1) is 0 Å². The molecule has 2 aromatic rings. The zero-order chi connectivity index (χ0) is 20.5. The van der Waals surface area contributed by atoms with Crippen molar-refractivity contribution in [1.82, 2.24) is 18.9 Å². The minimum atomic E-state index is -0.312. The number of fused-ring (bicyclic) bond motifs is 1. The van der Waals surface area contributed by atoms with E-state index in [1.165, 1.54) is 37.3 Å². The third-order valence-corrected chi connectivity index (χ3v) is 6.29. The van der Waals surface area contributed by atoms with E-state index >= 15 is 0 Å². The molecule has 0 spiro atoms. The van der Waals surface area contributed by atoms with E-state index in [4.69, 9.17) is 4.42 Å². The maximum atomic E-state index is 12.5. The Kier molecular flexibility index (Phi) is 5.65. The standard InChI is InChI=1S/C21H31N5O3/c1-4-15-7-5-6-10-26(15)12-17-9-8-16(29-17)11-25-13-18-19(22-14-25)23(2)21(28)24(3)20(18)27/h8-9,15,22H,4-7,10-14H2,1-3H3/t15-/m0/s1. The number of anilines is 1. The van der Waals surface area contributed by atoms with Gasteiger partial charge >= 0.3 is 5.69 Å². The average molecular weight is 402 g/mol. The van der Waals surface area contributed by atoms with Crippen molar-refractivity contribution in [2.75, 3.05) is 18.5 Å². The van der Waals surface area contributed by atoms with Crippen LogP contribution in [0.15, 0.2) is 26.1 Å². The number of hydrogen-bond donors (Lipinski definition) is 1. The summed E-state index contributed by atoms with van der Waals surface area (Å²) in [7, 11) is 3.21. The summed E-state index contributed by atoms with van der Waals surface area (Å²) in [6, 6.07) is 4.77. The lowest BCUT2D eigenvalue weighted by atomic mass is 10.00. The predicted octanol–water partition coefficient (Wildman–Crippen LogP) is 1.83. The highest BCUT2D eigenvalue weighted by Crippen LogP contribution is 2.24. The Morgan fingerprint density at radius 1 is 1.10 bits per heavy atom. The number of nitrogens with one attached hydrogen (secondary N) is 1. The second-order valence-corrected chi connectivity index (χ2v) is 8.25. The van der Waals surface area contributed by atoms with E-state index < -0.39 is 0 Å². The van der Waals surface area contributed by atoms with Gasteiger partial charge in [-0.25, -0.2) is 4.79 Å². The van der Waals surface area contributed by atoms with Crippen molar-refractivity contribution in [2.45, 2.75) is 58.3 Å². The van der Waals surface area contributed by atoms with E-state index in [1.54, 1.807) is 7.05 Å². The van der Waals surface area contributed by atoms with E-state index in [0.717, 1.165) is 29.2 Å². The Hall–Kier alpha value is -2.32. The second-order valence-electron chi connectivity index (χ2n) is 8.25. The van der Waals surface area contributed by atoms with Crippen molar-refractivity contribution in [3.63, 3.8) is 0 Å². The first-order valence-corrected chi connectivity index (χ1v) is 10.5. The van der Waals surface area contributed by atoms with Crippen molar-refractivity contribution in [3.8, 4) is 0 Å². The Morgan fingerprint density at radius 2 is 1.86 bits per heavy atom. The van der Waals surface area contributed by atoms with Gasteiger partial charge in [-0.3, -0.25) is 23.7 Å². The lowest BCUT2D eigenvalue weighted by Crippen LogP contribution is -2.46. The lowest BCUT2D eigenvalue weighted by Gasteiger charge is -2.34. The Bertz CT molecular complexity index is 989. The maximum absolute atomic E-state index is 12.5. The fourth-order valence-corrected chi connectivity index (χ4v) is 4.60. The highest BCUT2D eigenvalue weighted by atomic mass is 16.3. The molecule has 0 aliphatic carbocycles. The molecule has 1 atom stereocenters. The molecule has 29 heavy (non-hydrogen) atoms. The summed E-state index contributed by atoms with van der Waals surface area (Å²) in [5.41, 5.74) is 0.0661. The van der Waals surface area contributed by atoms with Crippen molar-refractivity contribution in [2.24, 2.45) is 14.1 Å². The van der Waals surface area contributed by atoms with Crippen molar-refractivity contribution in [1.29, 1.82) is 0 Å². The molecule has 0 amide bonds. The van der Waals surface area contributed by atoms with Gasteiger partial charge < -0.3 is 9.73 Å². The highest BCUT2D eigenvalue weighted by Gasteiger charge is 2.25. The average Bonchev–Trinajstić information content (AvgIpc) is 3.17. The Morgan fingerprint density at radius 3 is 2.62 bits per heavy atom. The Labute approximate surface area is 170 Å².